The maximum Gasteiger partial charge on any atom is 0.226 e. The van der Waals surface area contributed by atoms with Crippen molar-refractivity contribution in [1.82, 2.24) is 15.5 Å². The van der Waals surface area contributed by atoms with Crippen LogP contribution in [0, 0.1) is 5.92 Å². The highest BCUT2D eigenvalue weighted by Crippen LogP contribution is 2.26. The minimum atomic E-state index is 0.494. The van der Waals surface area contributed by atoms with Crippen LogP contribution in [0.2, 0.25) is 10.0 Å². The van der Waals surface area contributed by atoms with E-state index in [-0.39, 0.29) is 0 Å². The summed E-state index contributed by atoms with van der Waals surface area (Å²) in [6.45, 7) is 2.14. The van der Waals surface area contributed by atoms with Crippen molar-refractivity contribution >= 4 is 23.2 Å². The van der Waals surface area contributed by atoms with Gasteiger partial charge in [-0.2, -0.15) is 4.98 Å². The molecule has 2 aromatic rings. The molecule has 1 N–H and O–H groups in total. The number of nitrogens with zero attached hydrogens (tertiary/aromatic N) is 2. The first-order chi connectivity index (χ1) is 10.2. The molecule has 0 aliphatic carbocycles. The minimum Gasteiger partial charge on any atom is -0.339 e. The van der Waals surface area contributed by atoms with Crippen LogP contribution in [-0.4, -0.2) is 23.2 Å². The van der Waals surface area contributed by atoms with Gasteiger partial charge in [-0.05, 0) is 49.5 Å². The quantitative estimate of drug-likeness (QED) is 0.934. The molecule has 0 bridgehead atoms. The lowest BCUT2D eigenvalue weighted by molar-refractivity contribution is 0.312. The average molecular weight is 326 g/mol. The molecule has 4 nitrogen and oxygen atoms in total. The fraction of sp³-hybridized carbons (Fsp3) is 0.467. The molecule has 0 radical (unpaired) electrons. The minimum absolute atomic E-state index is 0.494. The highest BCUT2D eigenvalue weighted by atomic mass is 35.5. The van der Waals surface area contributed by atoms with E-state index < -0.39 is 0 Å². The van der Waals surface area contributed by atoms with Crippen LogP contribution in [-0.2, 0) is 12.8 Å². The van der Waals surface area contributed by atoms with Gasteiger partial charge in [0.15, 0.2) is 5.82 Å². The second kappa shape index (κ2) is 6.77. The Kier molecular flexibility index (Phi) is 4.78. The molecule has 0 amide bonds. The summed E-state index contributed by atoms with van der Waals surface area (Å²) in [6, 6.07) is 5.46. The van der Waals surface area contributed by atoms with Crippen LogP contribution < -0.4 is 5.32 Å². The van der Waals surface area contributed by atoms with Crippen molar-refractivity contribution < 1.29 is 4.52 Å². The van der Waals surface area contributed by atoms with Crippen LogP contribution in [0.15, 0.2) is 22.7 Å². The fourth-order valence-corrected chi connectivity index (χ4v) is 3.17. The van der Waals surface area contributed by atoms with E-state index in [9.17, 15) is 0 Å². The van der Waals surface area contributed by atoms with Crippen molar-refractivity contribution in [3.63, 3.8) is 0 Å². The first-order valence-corrected chi connectivity index (χ1v) is 7.93. The molecule has 1 saturated heterocycles. The summed E-state index contributed by atoms with van der Waals surface area (Å²) in [7, 11) is 0. The third-order valence-electron chi connectivity index (χ3n) is 3.83. The van der Waals surface area contributed by atoms with Crippen LogP contribution in [0.4, 0.5) is 0 Å². The summed E-state index contributed by atoms with van der Waals surface area (Å²) in [5.41, 5.74) is 0.843. The molecule has 0 atom stereocenters. The van der Waals surface area contributed by atoms with Crippen molar-refractivity contribution in [3.05, 3.63) is 45.5 Å². The van der Waals surface area contributed by atoms with Gasteiger partial charge in [-0.1, -0.05) is 34.4 Å². The first kappa shape index (κ1) is 14.8. The fourth-order valence-electron chi connectivity index (χ4n) is 2.64. The zero-order chi connectivity index (χ0) is 14.7. The molecule has 1 fully saturated rings. The Bertz CT molecular complexity index is 588. The number of hydrogen-bond acceptors (Lipinski definition) is 4. The summed E-state index contributed by atoms with van der Waals surface area (Å²) in [5.74, 6) is 1.97. The second-order valence-corrected chi connectivity index (χ2v) is 6.19. The Morgan fingerprint density at radius 1 is 1.19 bits per heavy atom. The van der Waals surface area contributed by atoms with Gasteiger partial charge in [-0.15, -0.1) is 0 Å². The highest BCUT2D eigenvalue weighted by molar-refractivity contribution is 6.36. The van der Waals surface area contributed by atoms with E-state index in [1.165, 1.54) is 0 Å². The predicted octanol–water partition coefficient (Wildman–Crippen LogP) is 3.51. The van der Waals surface area contributed by atoms with E-state index in [0.717, 1.165) is 37.9 Å². The third kappa shape index (κ3) is 3.76. The summed E-state index contributed by atoms with van der Waals surface area (Å²) >= 11 is 12.3. The lowest BCUT2D eigenvalue weighted by Crippen LogP contribution is -2.28. The van der Waals surface area contributed by atoms with Crippen molar-refractivity contribution in [3.8, 4) is 0 Å². The lowest BCUT2D eigenvalue weighted by Gasteiger charge is -2.20. The summed E-state index contributed by atoms with van der Waals surface area (Å²) in [6.07, 6.45) is 3.67. The Hall–Kier alpha value is -1.10. The molecular weight excluding hydrogens is 309 g/mol. The topological polar surface area (TPSA) is 51.0 Å². The molecule has 1 aliphatic heterocycles. The molecule has 1 aliphatic rings. The Balaban J connectivity index is 1.67. The summed E-state index contributed by atoms with van der Waals surface area (Å²) in [5, 5.41) is 8.66. The predicted molar refractivity (Wildman–Crippen MR) is 82.9 cm³/mol. The van der Waals surface area contributed by atoms with Gasteiger partial charge in [0.25, 0.3) is 0 Å². The smallest absolute Gasteiger partial charge is 0.226 e. The molecule has 2 heterocycles. The number of aromatic nitrogens is 2. The van der Waals surface area contributed by atoms with Gasteiger partial charge >= 0.3 is 0 Å². The zero-order valence-corrected chi connectivity index (χ0v) is 13.1. The maximum atomic E-state index is 6.16. The maximum absolute atomic E-state index is 6.16. The van der Waals surface area contributed by atoms with E-state index in [1.54, 1.807) is 0 Å². The number of rotatable bonds is 4. The van der Waals surface area contributed by atoms with E-state index in [4.69, 9.17) is 27.7 Å². The number of hydrogen-bond donors (Lipinski definition) is 1. The SMILES string of the molecule is Clc1cccc(Cl)c1Cc1noc(CC2CCNCC2)n1. The van der Waals surface area contributed by atoms with Crippen molar-refractivity contribution in [2.75, 3.05) is 13.1 Å². The third-order valence-corrected chi connectivity index (χ3v) is 4.54. The molecule has 6 heteroatoms. The van der Waals surface area contributed by atoms with Gasteiger partial charge in [-0.3, -0.25) is 0 Å². The Labute approximate surface area is 133 Å². The van der Waals surface area contributed by atoms with Gasteiger partial charge in [0.05, 0.1) is 0 Å². The van der Waals surface area contributed by atoms with Gasteiger partial charge in [0, 0.05) is 22.9 Å². The summed E-state index contributed by atoms with van der Waals surface area (Å²) < 4.78 is 5.35. The molecule has 0 saturated carbocycles. The number of nitrogens with one attached hydrogen (secondary N) is 1. The van der Waals surface area contributed by atoms with Gasteiger partial charge in [0.2, 0.25) is 5.89 Å². The molecule has 0 unspecified atom stereocenters. The van der Waals surface area contributed by atoms with E-state index in [2.05, 4.69) is 15.5 Å². The highest BCUT2D eigenvalue weighted by Gasteiger charge is 2.18. The number of piperidine rings is 1. The zero-order valence-electron chi connectivity index (χ0n) is 11.6. The van der Waals surface area contributed by atoms with Crippen molar-refractivity contribution in [2.24, 2.45) is 5.92 Å². The standard InChI is InChI=1S/C15H17Cl2N3O/c16-12-2-1-3-13(17)11(12)9-14-19-15(21-20-14)8-10-4-6-18-7-5-10/h1-3,10,18H,4-9H2. The molecule has 0 spiro atoms. The second-order valence-electron chi connectivity index (χ2n) is 5.38. The van der Waals surface area contributed by atoms with Crippen LogP contribution in [0.25, 0.3) is 0 Å². The van der Waals surface area contributed by atoms with Gasteiger partial charge in [-0.25, -0.2) is 0 Å². The van der Waals surface area contributed by atoms with E-state index in [0.29, 0.717) is 34.1 Å². The molecule has 21 heavy (non-hydrogen) atoms. The van der Waals surface area contributed by atoms with Gasteiger partial charge < -0.3 is 9.84 Å². The first-order valence-electron chi connectivity index (χ1n) is 7.17. The average Bonchev–Trinajstić information content (AvgIpc) is 2.91. The van der Waals surface area contributed by atoms with Crippen LogP contribution in [0.1, 0.15) is 30.1 Å². The van der Waals surface area contributed by atoms with E-state index in [1.807, 2.05) is 18.2 Å². The van der Waals surface area contributed by atoms with Crippen molar-refractivity contribution in [2.45, 2.75) is 25.7 Å². The Morgan fingerprint density at radius 2 is 1.90 bits per heavy atom. The number of benzene rings is 1. The monoisotopic (exact) mass is 325 g/mol. The molecule has 1 aromatic carbocycles. The summed E-state index contributed by atoms with van der Waals surface area (Å²) in [4.78, 5) is 4.47. The van der Waals surface area contributed by atoms with Crippen LogP contribution >= 0.6 is 23.2 Å². The molecule has 1 aromatic heterocycles. The molecule has 3 rings (SSSR count). The van der Waals surface area contributed by atoms with Gasteiger partial charge in [0.1, 0.15) is 0 Å². The van der Waals surface area contributed by atoms with E-state index >= 15 is 0 Å². The lowest BCUT2D eigenvalue weighted by atomic mass is 9.95. The molecular formula is C15H17Cl2N3O. The Morgan fingerprint density at radius 3 is 2.62 bits per heavy atom. The normalized spacial score (nSPS) is 16.3. The van der Waals surface area contributed by atoms with Crippen LogP contribution in [0.3, 0.4) is 0 Å². The number of halogens is 2. The van der Waals surface area contributed by atoms with Crippen molar-refractivity contribution in [1.29, 1.82) is 0 Å². The largest absolute Gasteiger partial charge is 0.339 e. The molecule has 112 valence electrons. The van der Waals surface area contributed by atoms with Crippen LogP contribution in [0.5, 0.6) is 0 Å².